The molecule has 0 bridgehead atoms. The van der Waals surface area contributed by atoms with Crippen LogP contribution in [0.15, 0.2) is 18.2 Å². The number of hydrogen-bond acceptors (Lipinski definition) is 2. The van der Waals surface area contributed by atoms with Crippen molar-refractivity contribution >= 4 is 11.6 Å². The number of hydrogen-bond donors (Lipinski definition) is 2. The normalized spacial score (nSPS) is 30.8. The average Bonchev–Trinajstić information content (AvgIpc) is 2.46. The van der Waals surface area contributed by atoms with Gasteiger partial charge in [-0.1, -0.05) is 17.7 Å². The molecule has 0 aromatic heterocycles. The van der Waals surface area contributed by atoms with Gasteiger partial charge in [-0.2, -0.15) is 0 Å². The van der Waals surface area contributed by atoms with Crippen molar-refractivity contribution in [3.05, 3.63) is 34.6 Å². The van der Waals surface area contributed by atoms with Crippen LogP contribution < -0.4 is 5.73 Å². The van der Waals surface area contributed by atoms with E-state index in [0.717, 1.165) is 6.42 Å². The van der Waals surface area contributed by atoms with E-state index in [1.807, 2.05) is 0 Å². The van der Waals surface area contributed by atoms with E-state index in [1.54, 1.807) is 6.07 Å². The van der Waals surface area contributed by atoms with Crippen LogP contribution in [0.1, 0.15) is 24.8 Å². The monoisotopic (exact) mass is 229 g/mol. The third-order valence-corrected chi connectivity index (χ3v) is 3.20. The smallest absolute Gasteiger partial charge is 0.130 e. The Balaban J connectivity index is 2.37. The van der Waals surface area contributed by atoms with Crippen molar-refractivity contribution in [2.24, 2.45) is 5.73 Å². The van der Waals surface area contributed by atoms with Crippen LogP contribution in [-0.4, -0.2) is 11.1 Å². The minimum atomic E-state index is -1.12. The molecule has 15 heavy (non-hydrogen) atoms. The highest BCUT2D eigenvalue weighted by atomic mass is 35.5. The molecule has 1 aliphatic carbocycles. The Bertz CT molecular complexity index is 385. The van der Waals surface area contributed by atoms with Gasteiger partial charge >= 0.3 is 0 Å². The lowest BCUT2D eigenvalue weighted by Crippen LogP contribution is -2.26. The highest BCUT2D eigenvalue weighted by Gasteiger charge is 2.39. The van der Waals surface area contributed by atoms with Gasteiger partial charge in [0.15, 0.2) is 0 Å². The molecule has 1 saturated carbocycles. The zero-order valence-corrected chi connectivity index (χ0v) is 8.97. The summed E-state index contributed by atoms with van der Waals surface area (Å²) >= 11 is 5.65. The number of aliphatic hydroxyl groups is 1. The van der Waals surface area contributed by atoms with Gasteiger partial charge in [-0.25, -0.2) is 4.39 Å². The van der Waals surface area contributed by atoms with Crippen molar-refractivity contribution in [1.82, 2.24) is 0 Å². The van der Waals surface area contributed by atoms with Crippen LogP contribution in [-0.2, 0) is 5.60 Å². The number of nitrogens with two attached hydrogens (primary N) is 1. The van der Waals surface area contributed by atoms with E-state index in [0.29, 0.717) is 23.4 Å². The third-order valence-electron chi connectivity index (χ3n) is 2.96. The fraction of sp³-hybridized carbons (Fsp3) is 0.455. The van der Waals surface area contributed by atoms with Gasteiger partial charge in [0.1, 0.15) is 5.82 Å². The molecule has 1 aliphatic rings. The van der Waals surface area contributed by atoms with Crippen LogP contribution in [0, 0.1) is 5.82 Å². The largest absolute Gasteiger partial charge is 0.385 e. The van der Waals surface area contributed by atoms with Gasteiger partial charge in [-0.15, -0.1) is 0 Å². The van der Waals surface area contributed by atoms with Gasteiger partial charge in [0.2, 0.25) is 0 Å². The molecule has 2 rings (SSSR count). The molecule has 0 aliphatic heterocycles. The summed E-state index contributed by atoms with van der Waals surface area (Å²) in [6.45, 7) is 0. The molecule has 2 atom stereocenters. The molecule has 0 amide bonds. The molecule has 0 saturated heterocycles. The van der Waals surface area contributed by atoms with E-state index in [-0.39, 0.29) is 6.04 Å². The van der Waals surface area contributed by atoms with Crippen molar-refractivity contribution in [2.45, 2.75) is 30.9 Å². The lowest BCUT2D eigenvalue weighted by atomic mass is 9.91. The molecule has 1 aromatic rings. The first kappa shape index (κ1) is 10.9. The summed E-state index contributed by atoms with van der Waals surface area (Å²) in [6, 6.07) is 4.29. The van der Waals surface area contributed by atoms with Gasteiger partial charge < -0.3 is 10.8 Å². The molecule has 82 valence electrons. The fourth-order valence-electron chi connectivity index (χ4n) is 2.17. The van der Waals surface area contributed by atoms with Gasteiger partial charge in [-0.05, 0) is 31.4 Å². The molecule has 2 unspecified atom stereocenters. The van der Waals surface area contributed by atoms with Crippen LogP contribution in [0.4, 0.5) is 4.39 Å². The van der Waals surface area contributed by atoms with Crippen LogP contribution >= 0.6 is 11.6 Å². The van der Waals surface area contributed by atoms with Gasteiger partial charge in [0, 0.05) is 16.6 Å². The number of rotatable bonds is 1. The zero-order chi connectivity index (χ0) is 11.1. The van der Waals surface area contributed by atoms with Crippen LogP contribution in [0.3, 0.4) is 0 Å². The maximum atomic E-state index is 13.6. The fourth-order valence-corrected chi connectivity index (χ4v) is 2.33. The van der Waals surface area contributed by atoms with Gasteiger partial charge in [0.25, 0.3) is 0 Å². The molecular formula is C11H13ClFNO. The molecule has 0 spiro atoms. The lowest BCUT2D eigenvalue weighted by Gasteiger charge is -2.23. The quantitative estimate of drug-likeness (QED) is 0.776. The van der Waals surface area contributed by atoms with Crippen LogP contribution in [0.5, 0.6) is 0 Å². The van der Waals surface area contributed by atoms with E-state index >= 15 is 0 Å². The summed E-state index contributed by atoms with van der Waals surface area (Å²) in [4.78, 5) is 0. The topological polar surface area (TPSA) is 46.2 Å². The minimum Gasteiger partial charge on any atom is -0.385 e. The first-order chi connectivity index (χ1) is 7.01. The van der Waals surface area contributed by atoms with Gasteiger partial charge in [0.05, 0.1) is 5.60 Å². The summed E-state index contributed by atoms with van der Waals surface area (Å²) in [7, 11) is 0. The molecule has 0 heterocycles. The van der Waals surface area contributed by atoms with Crippen LogP contribution in [0.2, 0.25) is 5.02 Å². The molecule has 4 heteroatoms. The Morgan fingerprint density at radius 3 is 2.80 bits per heavy atom. The van der Waals surface area contributed by atoms with E-state index < -0.39 is 11.4 Å². The van der Waals surface area contributed by atoms with Crippen molar-refractivity contribution in [2.75, 3.05) is 0 Å². The molecule has 0 radical (unpaired) electrons. The summed E-state index contributed by atoms with van der Waals surface area (Å²) in [6.07, 6.45) is 1.64. The first-order valence-electron chi connectivity index (χ1n) is 4.95. The maximum absolute atomic E-state index is 13.6. The SMILES string of the molecule is NC1CCC(O)(c2ccc(Cl)cc2F)C1. The number of halogens is 2. The van der Waals surface area contributed by atoms with Gasteiger partial charge in [-0.3, -0.25) is 0 Å². The average molecular weight is 230 g/mol. The summed E-state index contributed by atoms with van der Waals surface area (Å²) < 4.78 is 13.6. The summed E-state index contributed by atoms with van der Waals surface area (Å²) in [5, 5.41) is 10.6. The highest BCUT2D eigenvalue weighted by Crippen LogP contribution is 2.39. The Morgan fingerprint density at radius 1 is 1.53 bits per heavy atom. The standard InChI is InChI=1S/C11H13ClFNO/c12-7-1-2-9(10(13)5-7)11(15)4-3-8(14)6-11/h1-2,5,8,15H,3-4,6,14H2. The minimum absolute atomic E-state index is 0.0509. The van der Waals surface area contributed by atoms with E-state index in [9.17, 15) is 9.50 Å². The van der Waals surface area contributed by atoms with Crippen molar-refractivity contribution in [3.8, 4) is 0 Å². The molecule has 1 fully saturated rings. The summed E-state index contributed by atoms with van der Waals surface area (Å²) in [5.74, 6) is -0.459. The Labute approximate surface area is 92.9 Å². The van der Waals surface area contributed by atoms with E-state index in [4.69, 9.17) is 17.3 Å². The molecule has 2 nitrogen and oxygen atoms in total. The van der Waals surface area contributed by atoms with E-state index in [1.165, 1.54) is 12.1 Å². The van der Waals surface area contributed by atoms with Crippen molar-refractivity contribution < 1.29 is 9.50 Å². The predicted octanol–water partition coefficient (Wildman–Crippen LogP) is 2.18. The highest BCUT2D eigenvalue weighted by molar-refractivity contribution is 6.30. The Hall–Kier alpha value is -0.640. The molecule has 3 N–H and O–H groups in total. The zero-order valence-electron chi connectivity index (χ0n) is 8.21. The number of benzene rings is 1. The Morgan fingerprint density at radius 2 is 2.27 bits per heavy atom. The van der Waals surface area contributed by atoms with Crippen molar-refractivity contribution in [3.63, 3.8) is 0 Å². The second-order valence-corrected chi connectivity index (χ2v) is 4.60. The first-order valence-corrected chi connectivity index (χ1v) is 5.32. The van der Waals surface area contributed by atoms with Crippen molar-refractivity contribution in [1.29, 1.82) is 0 Å². The van der Waals surface area contributed by atoms with Crippen LogP contribution in [0.25, 0.3) is 0 Å². The molecular weight excluding hydrogens is 217 g/mol. The Kier molecular flexibility index (Phi) is 2.71. The third kappa shape index (κ3) is 2.00. The predicted molar refractivity (Wildman–Crippen MR) is 57.1 cm³/mol. The maximum Gasteiger partial charge on any atom is 0.130 e. The van der Waals surface area contributed by atoms with E-state index in [2.05, 4.69) is 0 Å². The molecule has 1 aromatic carbocycles. The second kappa shape index (κ2) is 3.74. The summed E-state index contributed by atoms with van der Waals surface area (Å²) in [5.41, 5.74) is 4.91. The lowest BCUT2D eigenvalue weighted by molar-refractivity contribution is 0.0394. The second-order valence-electron chi connectivity index (χ2n) is 4.16.